The Morgan fingerprint density at radius 1 is 1.17 bits per heavy atom. The fraction of sp³-hybridized carbons (Fsp3) is 0.929. The number of nitrogens with one attached hydrogen (secondary N) is 2. The van der Waals surface area contributed by atoms with Crippen molar-refractivity contribution in [1.82, 2.24) is 10.6 Å². The van der Waals surface area contributed by atoms with Gasteiger partial charge in [0, 0.05) is 24.5 Å². The first-order chi connectivity index (χ1) is 8.74. The Bertz CT molecular complexity index is 269. The van der Waals surface area contributed by atoms with Crippen molar-refractivity contribution in [3.63, 3.8) is 0 Å². The smallest absolute Gasteiger partial charge is 0.221 e. The Kier molecular flexibility index (Phi) is 5.01. The molecule has 3 N–H and O–H groups in total. The summed E-state index contributed by atoms with van der Waals surface area (Å²) in [4.78, 5) is 11.8. The summed E-state index contributed by atoms with van der Waals surface area (Å²) >= 11 is 0. The Balaban J connectivity index is 1.63. The summed E-state index contributed by atoms with van der Waals surface area (Å²) in [6.07, 6.45) is 9.73. The number of carbonyl (C=O) groups excluding carboxylic acids is 1. The molecule has 104 valence electrons. The van der Waals surface area contributed by atoms with Crippen molar-refractivity contribution in [2.75, 3.05) is 13.2 Å². The van der Waals surface area contributed by atoms with E-state index in [9.17, 15) is 9.90 Å². The van der Waals surface area contributed by atoms with Crippen molar-refractivity contribution in [2.45, 2.75) is 69.4 Å². The van der Waals surface area contributed by atoms with Crippen LogP contribution in [-0.2, 0) is 4.79 Å². The third-order valence-corrected chi connectivity index (χ3v) is 4.44. The zero-order valence-corrected chi connectivity index (χ0v) is 11.2. The van der Waals surface area contributed by atoms with E-state index < -0.39 is 0 Å². The number of hydrogen-bond acceptors (Lipinski definition) is 3. The highest BCUT2D eigenvalue weighted by molar-refractivity contribution is 5.76. The highest BCUT2D eigenvalue weighted by Crippen LogP contribution is 2.28. The Labute approximate surface area is 110 Å². The van der Waals surface area contributed by atoms with E-state index in [0.29, 0.717) is 19.0 Å². The molecule has 0 spiro atoms. The molecule has 0 heterocycles. The summed E-state index contributed by atoms with van der Waals surface area (Å²) in [5, 5.41) is 15.9. The summed E-state index contributed by atoms with van der Waals surface area (Å²) in [5.74, 6) is 0.153. The van der Waals surface area contributed by atoms with Crippen molar-refractivity contribution in [1.29, 1.82) is 0 Å². The van der Waals surface area contributed by atoms with Crippen LogP contribution in [0.4, 0.5) is 0 Å². The zero-order chi connectivity index (χ0) is 12.8. The second-order valence-corrected chi connectivity index (χ2v) is 5.87. The molecule has 4 nitrogen and oxygen atoms in total. The minimum atomic E-state index is -0.104. The molecule has 0 aromatic carbocycles. The number of hydrogen-bond donors (Lipinski definition) is 3. The molecule has 2 aliphatic rings. The van der Waals surface area contributed by atoms with Crippen LogP contribution in [0.5, 0.6) is 0 Å². The quantitative estimate of drug-likeness (QED) is 0.670. The normalized spacial score (nSPS) is 23.4. The highest BCUT2D eigenvalue weighted by atomic mass is 16.3. The van der Waals surface area contributed by atoms with Crippen molar-refractivity contribution < 1.29 is 9.90 Å². The molecule has 0 bridgehead atoms. The number of aliphatic hydroxyl groups is 1. The number of carbonyl (C=O) groups is 1. The van der Waals surface area contributed by atoms with Crippen LogP contribution in [0.25, 0.3) is 0 Å². The lowest BCUT2D eigenvalue weighted by atomic mass is 9.99. The maximum Gasteiger partial charge on any atom is 0.221 e. The van der Waals surface area contributed by atoms with Crippen LogP contribution < -0.4 is 10.6 Å². The standard InChI is InChI=1S/C14H26N2O2/c17-11-14(8-3-4-9-14)15-10-7-13(18)16-12-5-1-2-6-12/h12,15,17H,1-11H2,(H,16,18). The van der Waals surface area contributed by atoms with Crippen LogP contribution in [0.1, 0.15) is 57.8 Å². The van der Waals surface area contributed by atoms with Crippen molar-refractivity contribution in [3.8, 4) is 0 Å². The van der Waals surface area contributed by atoms with Gasteiger partial charge in [0.1, 0.15) is 0 Å². The Morgan fingerprint density at radius 3 is 2.44 bits per heavy atom. The van der Waals surface area contributed by atoms with Gasteiger partial charge in [-0.05, 0) is 25.7 Å². The maximum absolute atomic E-state index is 11.8. The fourth-order valence-corrected chi connectivity index (χ4v) is 3.25. The van der Waals surface area contributed by atoms with Gasteiger partial charge in [0.15, 0.2) is 0 Å². The first-order valence-electron chi connectivity index (χ1n) is 7.39. The summed E-state index contributed by atoms with van der Waals surface area (Å²) in [6.45, 7) is 0.871. The molecule has 1 amide bonds. The van der Waals surface area contributed by atoms with Crippen LogP contribution in [0.2, 0.25) is 0 Å². The molecule has 0 atom stereocenters. The SMILES string of the molecule is O=C(CCNC1(CO)CCCC1)NC1CCCC1. The van der Waals surface area contributed by atoms with Crippen molar-refractivity contribution >= 4 is 5.91 Å². The first-order valence-corrected chi connectivity index (χ1v) is 7.39. The molecule has 0 unspecified atom stereocenters. The van der Waals surface area contributed by atoms with Crippen molar-refractivity contribution in [3.05, 3.63) is 0 Å². The van der Waals surface area contributed by atoms with Gasteiger partial charge in [-0.15, -0.1) is 0 Å². The summed E-state index contributed by atoms with van der Waals surface area (Å²) in [6, 6.07) is 0.413. The molecule has 2 aliphatic carbocycles. The second-order valence-electron chi connectivity index (χ2n) is 5.87. The first kappa shape index (κ1) is 13.8. The molecule has 0 aliphatic heterocycles. The van der Waals surface area contributed by atoms with E-state index in [0.717, 1.165) is 25.7 Å². The van der Waals surface area contributed by atoms with Gasteiger partial charge >= 0.3 is 0 Å². The number of amides is 1. The van der Waals surface area contributed by atoms with Gasteiger partial charge in [0.05, 0.1) is 6.61 Å². The molecule has 2 rings (SSSR count). The number of aliphatic hydroxyl groups excluding tert-OH is 1. The third kappa shape index (κ3) is 3.69. The number of rotatable bonds is 6. The van der Waals surface area contributed by atoms with E-state index in [2.05, 4.69) is 10.6 Å². The molecule has 2 saturated carbocycles. The van der Waals surface area contributed by atoms with Crippen LogP contribution in [0.3, 0.4) is 0 Å². The van der Waals surface area contributed by atoms with Gasteiger partial charge < -0.3 is 15.7 Å². The predicted molar refractivity (Wildman–Crippen MR) is 71.3 cm³/mol. The van der Waals surface area contributed by atoms with Gasteiger partial charge in [-0.1, -0.05) is 25.7 Å². The second kappa shape index (κ2) is 6.53. The fourth-order valence-electron chi connectivity index (χ4n) is 3.25. The molecule has 2 fully saturated rings. The molecule has 0 aromatic heterocycles. The van der Waals surface area contributed by atoms with Gasteiger partial charge in [0.25, 0.3) is 0 Å². The Morgan fingerprint density at radius 2 is 1.83 bits per heavy atom. The van der Waals surface area contributed by atoms with Gasteiger partial charge in [0.2, 0.25) is 5.91 Å². The van der Waals surface area contributed by atoms with Crippen LogP contribution in [-0.4, -0.2) is 35.7 Å². The third-order valence-electron chi connectivity index (χ3n) is 4.44. The van der Waals surface area contributed by atoms with Crippen molar-refractivity contribution in [2.24, 2.45) is 0 Å². The summed E-state index contributed by atoms with van der Waals surface area (Å²) in [7, 11) is 0. The maximum atomic E-state index is 11.8. The van der Waals surface area contributed by atoms with Gasteiger partial charge in [-0.25, -0.2) is 0 Å². The van der Waals surface area contributed by atoms with E-state index in [-0.39, 0.29) is 18.1 Å². The van der Waals surface area contributed by atoms with Crippen LogP contribution >= 0.6 is 0 Å². The molecular weight excluding hydrogens is 228 g/mol. The molecule has 0 saturated heterocycles. The van der Waals surface area contributed by atoms with Gasteiger partial charge in [-0.2, -0.15) is 0 Å². The topological polar surface area (TPSA) is 61.4 Å². The minimum Gasteiger partial charge on any atom is -0.394 e. The van der Waals surface area contributed by atoms with E-state index >= 15 is 0 Å². The van der Waals surface area contributed by atoms with E-state index in [1.807, 2.05) is 0 Å². The van der Waals surface area contributed by atoms with Crippen LogP contribution in [0, 0.1) is 0 Å². The zero-order valence-electron chi connectivity index (χ0n) is 11.2. The molecule has 0 aromatic rings. The predicted octanol–water partition coefficient (Wildman–Crippen LogP) is 1.33. The van der Waals surface area contributed by atoms with Gasteiger partial charge in [-0.3, -0.25) is 4.79 Å². The van der Waals surface area contributed by atoms with E-state index in [1.54, 1.807) is 0 Å². The minimum absolute atomic E-state index is 0.104. The van der Waals surface area contributed by atoms with E-state index in [1.165, 1.54) is 25.7 Å². The summed E-state index contributed by atoms with van der Waals surface area (Å²) < 4.78 is 0. The average molecular weight is 254 g/mol. The lowest BCUT2D eigenvalue weighted by molar-refractivity contribution is -0.121. The lowest BCUT2D eigenvalue weighted by Gasteiger charge is -2.28. The summed E-state index contributed by atoms with van der Waals surface area (Å²) in [5.41, 5.74) is -0.104. The molecule has 18 heavy (non-hydrogen) atoms. The molecule has 0 radical (unpaired) electrons. The highest BCUT2D eigenvalue weighted by Gasteiger charge is 2.32. The van der Waals surface area contributed by atoms with E-state index in [4.69, 9.17) is 0 Å². The monoisotopic (exact) mass is 254 g/mol. The molecule has 4 heteroatoms. The molecular formula is C14H26N2O2. The Hall–Kier alpha value is -0.610. The largest absolute Gasteiger partial charge is 0.394 e. The van der Waals surface area contributed by atoms with Crippen LogP contribution in [0.15, 0.2) is 0 Å². The lowest BCUT2D eigenvalue weighted by Crippen LogP contribution is -2.47. The average Bonchev–Trinajstić information content (AvgIpc) is 3.01.